The third kappa shape index (κ3) is 2.36. The Morgan fingerprint density at radius 2 is 2.00 bits per heavy atom. The number of pyridine rings is 1. The molecule has 1 saturated heterocycles. The van der Waals surface area contributed by atoms with Crippen molar-refractivity contribution < 1.29 is 14.3 Å². The molecule has 0 N–H and O–H groups in total. The fourth-order valence-electron chi connectivity index (χ4n) is 6.82. The molecule has 0 bridgehead atoms. The van der Waals surface area contributed by atoms with Crippen LogP contribution in [0.4, 0.5) is 0 Å². The van der Waals surface area contributed by atoms with Crippen LogP contribution in [0.1, 0.15) is 57.9 Å². The zero-order chi connectivity index (χ0) is 19.5. The van der Waals surface area contributed by atoms with Gasteiger partial charge in [0.15, 0.2) is 0 Å². The Hall–Kier alpha value is -2.10. The molecule has 5 rings (SSSR count). The molecule has 3 aliphatic carbocycles. The van der Waals surface area contributed by atoms with Crippen molar-refractivity contribution in [1.82, 2.24) is 4.98 Å². The number of aromatic nitrogens is 1. The second kappa shape index (κ2) is 6.20. The first-order valence-electron chi connectivity index (χ1n) is 10.6. The minimum atomic E-state index is -0.0590. The van der Waals surface area contributed by atoms with E-state index in [1.54, 1.807) is 13.3 Å². The lowest BCUT2D eigenvalue weighted by Gasteiger charge is -2.56. The first kappa shape index (κ1) is 18.0. The molecule has 1 aliphatic heterocycles. The molecule has 1 aromatic rings. The number of carbonyl (C=O) groups excluding carboxylic acids is 1. The van der Waals surface area contributed by atoms with E-state index in [1.807, 2.05) is 12.3 Å². The Bertz CT molecular complexity index is 888. The van der Waals surface area contributed by atoms with Gasteiger partial charge >= 0.3 is 5.97 Å². The summed E-state index contributed by atoms with van der Waals surface area (Å²) in [6.07, 6.45) is 14.4. The van der Waals surface area contributed by atoms with Crippen LogP contribution in [-0.4, -0.2) is 18.1 Å². The Balaban J connectivity index is 1.49. The number of methoxy groups -OCH3 is 1. The van der Waals surface area contributed by atoms with E-state index >= 15 is 0 Å². The number of hydrogen-bond acceptors (Lipinski definition) is 4. The number of rotatable bonds is 2. The second-order valence-corrected chi connectivity index (χ2v) is 9.46. The van der Waals surface area contributed by atoms with Crippen molar-refractivity contribution in [1.29, 1.82) is 0 Å². The van der Waals surface area contributed by atoms with Gasteiger partial charge in [-0.05, 0) is 73.0 Å². The summed E-state index contributed by atoms with van der Waals surface area (Å²) in [4.78, 5) is 16.2. The largest absolute Gasteiger partial charge is 0.496 e. The fraction of sp³-hybridized carbons (Fsp3) is 0.583. The molecular formula is C24H29NO3. The molecule has 2 heterocycles. The maximum absolute atomic E-state index is 11.8. The van der Waals surface area contributed by atoms with E-state index in [1.165, 1.54) is 18.4 Å². The average molecular weight is 380 g/mol. The van der Waals surface area contributed by atoms with Gasteiger partial charge in [-0.3, -0.25) is 9.78 Å². The fourth-order valence-corrected chi connectivity index (χ4v) is 6.82. The molecule has 0 radical (unpaired) electrons. The number of allylic oxidation sites excluding steroid dienone is 4. The van der Waals surface area contributed by atoms with Crippen LogP contribution in [0, 0.1) is 28.6 Å². The smallest absolute Gasteiger partial charge is 0.310 e. The van der Waals surface area contributed by atoms with E-state index in [0.29, 0.717) is 24.2 Å². The molecule has 148 valence electrons. The van der Waals surface area contributed by atoms with Crippen molar-refractivity contribution in [3.8, 4) is 5.75 Å². The molecule has 4 heteroatoms. The Morgan fingerprint density at radius 3 is 2.82 bits per heavy atom. The molecule has 0 aromatic carbocycles. The maximum atomic E-state index is 11.8. The highest BCUT2D eigenvalue weighted by molar-refractivity contribution is 5.76. The van der Waals surface area contributed by atoms with Crippen LogP contribution in [0.5, 0.6) is 5.75 Å². The van der Waals surface area contributed by atoms with Gasteiger partial charge in [0.05, 0.1) is 7.11 Å². The van der Waals surface area contributed by atoms with Gasteiger partial charge < -0.3 is 9.47 Å². The number of esters is 1. The van der Waals surface area contributed by atoms with Crippen LogP contribution in [0.25, 0.3) is 5.57 Å². The van der Waals surface area contributed by atoms with Crippen LogP contribution < -0.4 is 4.74 Å². The quantitative estimate of drug-likeness (QED) is 0.666. The average Bonchev–Trinajstić information content (AvgIpc) is 3.05. The van der Waals surface area contributed by atoms with E-state index in [-0.39, 0.29) is 16.8 Å². The lowest BCUT2D eigenvalue weighted by atomic mass is 9.49. The van der Waals surface area contributed by atoms with Crippen molar-refractivity contribution >= 4 is 11.5 Å². The first-order valence-corrected chi connectivity index (χ1v) is 10.6. The summed E-state index contributed by atoms with van der Waals surface area (Å²) in [7, 11) is 1.74. The number of nitrogens with zero attached hydrogens (tertiary/aromatic N) is 1. The Kier molecular flexibility index (Phi) is 3.98. The maximum Gasteiger partial charge on any atom is 0.310 e. The zero-order valence-corrected chi connectivity index (χ0v) is 17.0. The highest BCUT2D eigenvalue weighted by Gasteiger charge is 2.57. The predicted molar refractivity (Wildman–Crippen MR) is 107 cm³/mol. The summed E-state index contributed by atoms with van der Waals surface area (Å²) in [6, 6.07) is 1.96. The van der Waals surface area contributed by atoms with E-state index < -0.39 is 0 Å². The summed E-state index contributed by atoms with van der Waals surface area (Å²) in [6.45, 7) is 4.78. The minimum absolute atomic E-state index is 0.0207. The molecule has 0 unspecified atom stereocenters. The number of ether oxygens (including phenoxy) is 2. The number of fused-ring (bicyclic) bond motifs is 5. The molecule has 2 fully saturated rings. The second-order valence-electron chi connectivity index (χ2n) is 9.46. The summed E-state index contributed by atoms with van der Waals surface area (Å²) in [5.74, 6) is 3.67. The van der Waals surface area contributed by atoms with Crippen molar-refractivity contribution in [2.24, 2.45) is 28.6 Å². The van der Waals surface area contributed by atoms with E-state index in [9.17, 15) is 4.79 Å². The molecular weight excluding hydrogens is 350 g/mol. The topological polar surface area (TPSA) is 48.4 Å². The molecule has 5 atom stereocenters. The molecule has 4 nitrogen and oxygen atoms in total. The number of carbonyl (C=O) groups is 1. The van der Waals surface area contributed by atoms with E-state index in [0.717, 1.165) is 36.3 Å². The van der Waals surface area contributed by atoms with Gasteiger partial charge in [-0.1, -0.05) is 19.9 Å². The third-order valence-electron chi connectivity index (χ3n) is 8.34. The lowest BCUT2D eigenvalue weighted by Crippen LogP contribution is -2.50. The summed E-state index contributed by atoms with van der Waals surface area (Å²) >= 11 is 0. The van der Waals surface area contributed by atoms with E-state index in [4.69, 9.17) is 9.47 Å². The summed E-state index contributed by atoms with van der Waals surface area (Å²) in [5.41, 5.74) is 2.74. The predicted octanol–water partition coefficient (Wildman–Crippen LogP) is 5.16. The normalized spacial score (nSPS) is 39.1. The Morgan fingerprint density at radius 1 is 1.14 bits per heavy atom. The van der Waals surface area contributed by atoms with Crippen molar-refractivity contribution in [2.75, 3.05) is 7.11 Å². The van der Waals surface area contributed by atoms with Crippen LogP contribution >= 0.6 is 0 Å². The van der Waals surface area contributed by atoms with Crippen molar-refractivity contribution in [3.63, 3.8) is 0 Å². The van der Waals surface area contributed by atoms with Gasteiger partial charge in [0.25, 0.3) is 0 Å². The molecule has 1 aromatic heterocycles. The third-order valence-corrected chi connectivity index (χ3v) is 8.34. The van der Waals surface area contributed by atoms with Gasteiger partial charge in [-0.25, -0.2) is 0 Å². The first-order chi connectivity index (χ1) is 13.5. The summed E-state index contributed by atoms with van der Waals surface area (Å²) in [5, 5.41) is 0. The molecule has 0 amide bonds. The van der Waals surface area contributed by atoms with Crippen LogP contribution in [0.15, 0.2) is 36.4 Å². The minimum Gasteiger partial charge on any atom is -0.496 e. The van der Waals surface area contributed by atoms with E-state index in [2.05, 4.69) is 31.0 Å². The Labute approximate surface area is 167 Å². The van der Waals surface area contributed by atoms with Crippen LogP contribution in [0.3, 0.4) is 0 Å². The highest BCUT2D eigenvalue weighted by atomic mass is 16.5. The number of hydrogen-bond donors (Lipinski definition) is 0. The van der Waals surface area contributed by atoms with Gasteiger partial charge in [0, 0.05) is 29.8 Å². The van der Waals surface area contributed by atoms with Crippen molar-refractivity contribution in [3.05, 3.63) is 41.9 Å². The van der Waals surface area contributed by atoms with Gasteiger partial charge in [-0.2, -0.15) is 0 Å². The SMILES string of the molecule is COc1ccncc1C1=CC[C@H]2[C@@H]3CC=C4OC(=O)CC[C@]4(C)[C@H]3CC[C@]12C. The molecule has 28 heavy (non-hydrogen) atoms. The zero-order valence-electron chi connectivity index (χ0n) is 17.0. The van der Waals surface area contributed by atoms with Gasteiger partial charge in [-0.15, -0.1) is 0 Å². The summed E-state index contributed by atoms with van der Waals surface area (Å²) < 4.78 is 11.3. The monoisotopic (exact) mass is 379 g/mol. The molecule has 4 aliphatic rings. The van der Waals surface area contributed by atoms with Crippen LogP contribution in [0.2, 0.25) is 0 Å². The van der Waals surface area contributed by atoms with Crippen LogP contribution in [-0.2, 0) is 9.53 Å². The van der Waals surface area contributed by atoms with Crippen molar-refractivity contribution in [2.45, 2.75) is 52.4 Å². The lowest BCUT2D eigenvalue weighted by molar-refractivity contribution is -0.151. The standard InChI is InChI=1S/C24H29NO3/c1-23-11-8-19-15(4-7-21-24(19,2)12-9-22(26)28-21)17(23)5-6-18(23)16-14-25-13-10-20(16)27-3/h6-7,10,13-15,17,19H,4-5,8-9,11-12H2,1-3H3/t15-,17-,19-,23-,24+/m0/s1. The highest BCUT2D eigenvalue weighted by Crippen LogP contribution is 2.66. The van der Waals surface area contributed by atoms with Gasteiger partial charge in [0.1, 0.15) is 11.5 Å². The molecule has 1 saturated carbocycles. The van der Waals surface area contributed by atoms with Gasteiger partial charge in [0.2, 0.25) is 0 Å². The molecule has 0 spiro atoms.